The summed E-state index contributed by atoms with van der Waals surface area (Å²) in [5, 5.41) is 6.30. The maximum absolute atomic E-state index is 13.9. The van der Waals surface area contributed by atoms with Crippen LogP contribution in [0.1, 0.15) is 21.6 Å². The van der Waals surface area contributed by atoms with Crippen LogP contribution in [0.15, 0.2) is 121 Å². The van der Waals surface area contributed by atoms with Gasteiger partial charge in [0.2, 0.25) is 0 Å². The van der Waals surface area contributed by atoms with E-state index >= 15 is 0 Å². The van der Waals surface area contributed by atoms with Crippen LogP contribution in [0.3, 0.4) is 0 Å². The molecule has 0 saturated heterocycles. The molecule has 0 aliphatic heterocycles. The van der Waals surface area contributed by atoms with Gasteiger partial charge in [-0.15, -0.1) is 0 Å². The molecule has 0 unspecified atom stereocenters. The fourth-order valence-electron chi connectivity index (χ4n) is 4.86. The number of carbonyl (C=O) groups excluding carboxylic acids is 1. The Balaban J connectivity index is 1.48. The quantitative estimate of drug-likeness (QED) is 0.161. The van der Waals surface area contributed by atoms with E-state index in [0.29, 0.717) is 16.3 Å². The summed E-state index contributed by atoms with van der Waals surface area (Å²) < 4.78 is 1.84. The summed E-state index contributed by atoms with van der Waals surface area (Å²) in [6.45, 7) is 1.88. The highest BCUT2D eigenvalue weighted by Gasteiger charge is 2.20. The Labute approximate surface area is 231 Å². The summed E-state index contributed by atoms with van der Waals surface area (Å²) in [4.78, 5) is 18.7. The van der Waals surface area contributed by atoms with Crippen molar-refractivity contribution in [1.82, 2.24) is 14.8 Å². The molecule has 39 heavy (non-hydrogen) atoms. The lowest BCUT2D eigenvalue weighted by atomic mass is 9.92. The van der Waals surface area contributed by atoms with E-state index in [0.717, 1.165) is 44.5 Å². The number of aryl methyl sites for hydroxylation is 1. The molecule has 0 atom stereocenters. The second kappa shape index (κ2) is 10.5. The summed E-state index contributed by atoms with van der Waals surface area (Å²) in [6.07, 6.45) is 5.41. The van der Waals surface area contributed by atoms with Gasteiger partial charge in [0.1, 0.15) is 0 Å². The van der Waals surface area contributed by atoms with Crippen LogP contribution in [0.25, 0.3) is 45.1 Å². The van der Waals surface area contributed by atoms with Crippen LogP contribution in [0.2, 0.25) is 5.02 Å². The molecule has 188 valence electrons. The van der Waals surface area contributed by atoms with Crippen LogP contribution >= 0.6 is 11.6 Å². The van der Waals surface area contributed by atoms with E-state index in [-0.39, 0.29) is 5.78 Å². The average molecular weight is 526 g/mol. The number of halogens is 1. The fourth-order valence-corrected chi connectivity index (χ4v) is 5.03. The lowest BCUT2D eigenvalue weighted by Crippen LogP contribution is -2.05. The number of fused-ring (bicyclic) bond motifs is 1. The van der Waals surface area contributed by atoms with Gasteiger partial charge in [-0.25, -0.2) is 4.68 Å². The molecule has 0 aliphatic carbocycles. The first-order valence-electron chi connectivity index (χ1n) is 12.7. The van der Waals surface area contributed by atoms with Crippen molar-refractivity contribution >= 4 is 34.4 Å². The Morgan fingerprint density at radius 3 is 2.15 bits per heavy atom. The topological polar surface area (TPSA) is 47.8 Å². The molecule has 4 nitrogen and oxygen atoms in total. The number of aromatic nitrogens is 3. The van der Waals surface area contributed by atoms with Gasteiger partial charge in [-0.3, -0.25) is 9.78 Å². The third kappa shape index (κ3) is 4.90. The number of allylic oxidation sites excluding steroid dienone is 1. The zero-order valence-corrected chi connectivity index (χ0v) is 22.0. The van der Waals surface area contributed by atoms with Crippen molar-refractivity contribution in [3.63, 3.8) is 0 Å². The van der Waals surface area contributed by atoms with Crippen LogP contribution in [0.4, 0.5) is 0 Å². The summed E-state index contributed by atoms with van der Waals surface area (Å²) >= 11 is 6.38. The molecule has 6 aromatic rings. The van der Waals surface area contributed by atoms with Crippen LogP contribution in [-0.4, -0.2) is 20.5 Å². The smallest absolute Gasteiger partial charge is 0.188 e. The van der Waals surface area contributed by atoms with E-state index in [1.165, 1.54) is 0 Å². The number of hydrogen-bond donors (Lipinski definition) is 0. The van der Waals surface area contributed by atoms with Crippen LogP contribution < -0.4 is 0 Å². The average Bonchev–Trinajstić information content (AvgIpc) is 3.41. The number of pyridine rings is 1. The van der Waals surface area contributed by atoms with Crippen molar-refractivity contribution in [2.24, 2.45) is 0 Å². The Kier molecular flexibility index (Phi) is 6.62. The van der Waals surface area contributed by atoms with Gasteiger partial charge in [0.05, 0.1) is 22.5 Å². The van der Waals surface area contributed by atoms with Crippen molar-refractivity contribution in [3.8, 4) is 28.1 Å². The van der Waals surface area contributed by atoms with Gasteiger partial charge >= 0.3 is 0 Å². The first-order chi connectivity index (χ1) is 19.1. The number of ketones is 1. The lowest BCUT2D eigenvalue weighted by molar-refractivity contribution is 0.104. The number of rotatable bonds is 6. The summed E-state index contributed by atoms with van der Waals surface area (Å²) in [5.74, 6) is -0.132. The first kappa shape index (κ1) is 24.5. The predicted octanol–water partition coefficient (Wildman–Crippen LogP) is 8.61. The van der Waals surface area contributed by atoms with E-state index < -0.39 is 0 Å². The van der Waals surface area contributed by atoms with E-state index in [1.54, 1.807) is 6.08 Å². The molecule has 5 heteroatoms. The molecular weight excluding hydrogens is 502 g/mol. The Morgan fingerprint density at radius 2 is 1.46 bits per heavy atom. The van der Waals surface area contributed by atoms with Crippen LogP contribution in [-0.2, 0) is 0 Å². The molecule has 0 aliphatic rings. The Bertz CT molecular complexity index is 1830. The highest BCUT2D eigenvalue weighted by atomic mass is 35.5. The van der Waals surface area contributed by atoms with Crippen molar-refractivity contribution in [3.05, 3.63) is 143 Å². The summed E-state index contributed by atoms with van der Waals surface area (Å²) in [7, 11) is 0. The number of carbonyl (C=O) groups is 1. The molecule has 4 aromatic carbocycles. The maximum Gasteiger partial charge on any atom is 0.188 e. The second-order valence-electron chi connectivity index (χ2n) is 9.25. The Hall–Kier alpha value is -4.80. The highest BCUT2D eigenvalue weighted by molar-refractivity contribution is 6.31. The van der Waals surface area contributed by atoms with Gasteiger partial charge in [0.15, 0.2) is 5.78 Å². The minimum absolute atomic E-state index is 0.132. The molecule has 0 amide bonds. The van der Waals surface area contributed by atoms with E-state index in [9.17, 15) is 4.79 Å². The minimum Gasteiger partial charge on any atom is -0.289 e. The zero-order valence-electron chi connectivity index (χ0n) is 21.3. The van der Waals surface area contributed by atoms with Gasteiger partial charge in [-0.1, -0.05) is 90.5 Å². The van der Waals surface area contributed by atoms with Crippen LogP contribution in [0.5, 0.6) is 0 Å². The highest BCUT2D eigenvalue weighted by Crippen LogP contribution is 2.35. The summed E-state index contributed by atoms with van der Waals surface area (Å²) in [6, 6.07) is 35.4. The van der Waals surface area contributed by atoms with E-state index in [2.05, 4.69) is 0 Å². The molecule has 0 spiro atoms. The molecule has 2 heterocycles. The number of hydrogen-bond acceptors (Lipinski definition) is 3. The third-order valence-corrected chi connectivity index (χ3v) is 6.90. The third-order valence-electron chi connectivity index (χ3n) is 6.66. The second-order valence-corrected chi connectivity index (χ2v) is 9.69. The summed E-state index contributed by atoms with van der Waals surface area (Å²) in [5.41, 5.74) is 7.35. The predicted molar refractivity (Wildman–Crippen MR) is 159 cm³/mol. The van der Waals surface area contributed by atoms with Gasteiger partial charge in [-0.2, -0.15) is 5.10 Å². The van der Waals surface area contributed by atoms with Gasteiger partial charge in [-0.05, 0) is 55.0 Å². The van der Waals surface area contributed by atoms with Crippen molar-refractivity contribution in [2.45, 2.75) is 6.92 Å². The zero-order chi connectivity index (χ0) is 26.8. The number of nitrogens with zero attached hydrogens (tertiary/aromatic N) is 3. The van der Waals surface area contributed by atoms with Gasteiger partial charge in [0, 0.05) is 39.0 Å². The van der Waals surface area contributed by atoms with Gasteiger partial charge in [0.25, 0.3) is 0 Å². The molecule has 0 radical (unpaired) electrons. The molecular formula is C34H24ClN3O. The van der Waals surface area contributed by atoms with E-state index in [1.807, 2.05) is 133 Å². The Morgan fingerprint density at radius 1 is 0.821 bits per heavy atom. The molecule has 6 rings (SSSR count). The van der Waals surface area contributed by atoms with Crippen molar-refractivity contribution < 1.29 is 4.79 Å². The molecule has 0 bridgehead atoms. The molecule has 2 aromatic heterocycles. The number of para-hydroxylation sites is 1. The lowest BCUT2D eigenvalue weighted by Gasteiger charge is -2.14. The first-order valence-corrected chi connectivity index (χ1v) is 13.0. The SMILES string of the molecule is Cc1nc2ccc(Cl)cc2c(-c2ccccc2)c1C(=O)C=Cc1cn(-c2ccccc2)nc1-c1ccccc1. The standard InChI is InChI=1S/C34H24ClN3O/c1-23-32(33(24-11-5-2-6-12-24)29-21-27(35)18-19-30(29)36-23)31(39)20-17-26-22-38(28-15-9-4-10-16-28)37-34(26)25-13-7-3-8-14-25/h2-22H,1H3. The monoisotopic (exact) mass is 525 g/mol. The van der Waals surface area contributed by atoms with Gasteiger partial charge < -0.3 is 0 Å². The molecule has 0 N–H and O–H groups in total. The normalized spacial score (nSPS) is 11.3. The van der Waals surface area contributed by atoms with Crippen LogP contribution in [0, 0.1) is 6.92 Å². The molecule has 0 saturated carbocycles. The fraction of sp³-hybridized carbons (Fsp3) is 0.0294. The minimum atomic E-state index is -0.132. The van der Waals surface area contributed by atoms with Crippen molar-refractivity contribution in [2.75, 3.05) is 0 Å². The number of benzene rings is 4. The largest absolute Gasteiger partial charge is 0.289 e. The maximum atomic E-state index is 13.9. The van der Waals surface area contributed by atoms with Crippen molar-refractivity contribution in [1.29, 1.82) is 0 Å². The molecule has 0 fully saturated rings. The van der Waals surface area contributed by atoms with E-state index in [4.69, 9.17) is 21.7 Å².